The molecular weight excluding hydrogens is 278 g/mol. The second-order valence-corrected chi connectivity index (χ2v) is 7.18. The molecule has 2 N–H and O–H groups in total. The minimum atomic E-state index is -3.13. The fourth-order valence-electron chi connectivity index (χ4n) is 2.15. The van der Waals surface area contributed by atoms with Crippen LogP contribution in [0.5, 0.6) is 11.5 Å². The highest BCUT2D eigenvalue weighted by Crippen LogP contribution is 2.35. The first-order chi connectivity index (χ1) is 9.52. The van der Waals surface area contributed by atoms with E-state index in [0.717, 1.165) is 12.8 Å². The molecule has 112 valence electrons. The Hall–Kier alpha value is -1.43. The lowest BCUT2D eigenvalue weighted by molar-refractivity contribution is 0.171. The average Bonchev–Trinajstić information content (AvgIpc) is 2.39. The molecule has 0 aromatic heterocycles. The van der Waals surface area contributed by atoms with Crippen molar-refractivity contribution in [1.29, 1.82) is 0 Å². The fraction of sp³-hybridized carbons (Fsp3) is 0.571. The molecule has 0 spiro atoms. The topological polar surface area (TPSA) is 78.6 Å². The van der Waals surface area contributed by atoms with Crippen molar-refractivity contribution in [2.45, 2.75) is 31.9 Å². The van der Waals surface area contributed by atoms with Crippen molar-refractivity contribution in [2.75, 3.05) is 24.7 Å². The van der Waals surface area contributed by atoms with Gasteiger partial charge in [0, 0.05) is 11.8 Å². The summed E-state index contributed by atoms with van der Waals surface area (Å²) in [5, 5.41) is 0. The molecule has 1 aromatic rings. The number of hydrogen-bond acceptors (Lipinski definition) is 5. The van der Waals surface area contributed by atoms with Gasteiger partial charge in [0.2, 0.25) is 0 Å². The number of rotatable bonds is 6. The maximum absolute atomic E-state index is 12.1. The van der Waals surface area contributed by atoms with E-state index in [1.165, 1.54) is 0 Å². The molecule has 1 aliphatic rings. The lowest BCUT2D eigenvalue weighted by Gasteiger charge is -2.20. The van der Waals surface area contributed by atoms with E-state index >= 15 is 0 Å². The van der Waals surface area contributed by atoms with E-state index < -0.39 is 9.84 Å². The predicted molar refractivity (Wildman–Crippen MR) is 78.9 cm³/mol. The van der Waals surface area contributed by atoms with Crippen molar-refractivity contribution in [3.05, 3.63) is 17.7 Å². The Kier molecular flexibility index (Phi) is 4.75. The molecule has 0 amide bonds. The molecule has 0 fully saturated rings. The van der Waals surface area contributed by atoms with Crippen molar-refractivity contribution in [2.24, 2.45) is 0 Å². The number of anilines is 1. The highest BCUT2D eigenvalue weighted by Gasteiger charge is 2.18. The van der Waals surface area contributed by atoms with Gasteiger partial charge in [-0.3, -0.25) is 0 Å². The molecule has 1 aromatic carbocycles. The molecule has 0 saturated heterocycles. The number of fused-ring (bicyclic) bond motifs is 1. The molecule has 0 radical (unpaired) electrons. The zero-order valence-electron chi connectivity index (χ0n) is 11.7. The lowest BCUT2D eigenvalue weighted by Crippen LogP contribution is -2.17. The Morgan fingerprint density at radius 3 is 2.45 bits per heavy atom. The highest BCUT2D eigenvalue weighted by molar-refractivity contribution is 7.90. The van der Waals surface area contributed by atoms with E-state index in [0.29, 0.717) is 42.4 Å². The summed E-state index contributed by atoms with van der Waals surface area (Å²) in [6.45, 7) is 3.01. The largest absolute Gasteiger partial charge is 0.486 e. The molecule has 2 rings (SSSR count). The van der Waals surface area contributed by atoms with E-state index in [2.05, 4.69) is 0 Å². The molecule has 5 nitrogen and oxygen atoms in total. The number of hydrogen-bond donors (Lipinski definition) is 1. The van der Waals surface area contributed by atoms with Crippen molar-refractivity contribution in [3.63, 3.8) is 0 Å². The molecule has 1 heterocycles. The first-order valence-electron chi connectivity index (χ1n) is 6.90. The summed E-state index contributed by atoms with van der Waals surface area (Å²) in [6, 6.07) is 3.33. The van der Waals surface area contributed by atoms with Gasteiger partial charge in [-0.25, -0.2) is 8.42 Å². The van der Waals surface area contributed by atoms with Gasteiger partial charge >= 0.3 is 0 Å². The van der Waals surface area contributed by atoms with Crippen LogP contribution in [0.25, 0.3) is 0 Å². The van der Waals surface area contributed by atoms with Crippen LogP contribution in [0.3, 0.4) is 0 Å². The van der Waals surface area contributed by atoms with Crippen LogP contribution in [0.15, 0.2) is 12.1 Å². The maximum atomic E-state index is 12.1. The van der Waals surface area contributed by atoms with Gasteiger partial charge < -0.3 is 15.2 Å². The number of benzene rings is 1. The number of ether oxygens (including phenoxy) is 2. The zero-order chi connectivity index (χ0) is 14.6. The molecule has 0 saturated carbocycles. The van der Waals surface area contributed by atoms with Crippen molar-refractivity contribution in [1.82, 2.24) is 0 Å². The Morgan fingerprint density at radius 2 is 1.80 bits per heavy atom. The third kappa shape index (κ3) is 3.79. The van der Waals surface area contributed by atoms with Gasteiger partial charge in [0.05, 0.1) is 11.5 Å². The van der Waals surface area contributed by atoms with E-state index in [4.69, 9.17) is 15.2 Å². The van der Waals surface area contributed by atoms with Gasteiger partial charge in [-0.15, -0.1) is 0 Å². The van der Waals surface area contributed by atoms with E-state index in [1.807, 2.05) is 6.92 Å². The molecule has 1 aliphatic heterocycles. The van der Waals surface area contributed by atoms with Crippen LogP contribution in [-0.4, -0.2) is 27.4 Å². The van der Waals surface area contributed by atoms with Crippen molar-refractivity contribution in [3.8, 4) is 11.5 Å². The van der Waals surface area contributed by atoms with Crippen LogP contribution in [0.1, 0.15) is 31.7 Å². The quantitative estimate of drug-likeness (QED) is 0.643. The van der Waals surface area contributed by atoms with Gasteiger partial charge in [-0.2, -0.15) is 0 Å². The summed E-state index contributed by atoms with van der Waals surface area (Å²) < 4.78 is 35.0. The van der Waals surface area contributed by atoms with E-state index in [1.54, 1.807) is 12.1 Å². The fourth-order valence-corrected chi connectivity index (χ4v) is 3.66. The SMILES string of the molecule is CCCCCS(=O)(=O)Cc1cc2c(cc1N)OCCO2. The molecule has 0 bridgehead atoms. The third-order valence-electron chi connectivity index (χ3n) is 3.24. The summed E-state index contributed by atoms with van der Waals surface area (Å²) in [7, 11) is -3.13. The number of unbranched alkanes of at least 4 members (excludes halogenated alkanes) is 2. The third-order valence-corrected chi connectivity index (χ3v) is 4.90. The van der Waals surface area contributed by atoms with Crippen molar-refractivity contribution >= 4 is 15.5 Å². The van der Waals surface area contributed by atoms with Crippen LogP contribution in [0, 0.1) is 0 Å². The Bertz CT molecular complexity index is 569. The molecule has 20 heavy (non-hydrogen) atoms. The Labute approximate surface area is 120 Å². The first-order valence-corrected chi connectivity index (χ1v) is 8.72. The normalized spacial score (nSPS) is 14.2. The summed E-state index contributed by atoms with van der Waals surface area (Å²) in [6.07, 6.45) is 2.63. The summed E-state index contributed by atoms with van der Waals surface area (Å²) in [5.41, 5.74) is 6.93. The van der Waals surface area contributed by atoms with E-state index in [-0.39, 0.29) is 11.5 Å². The number of nitrogen functional groups attached to an aromatic ring is 1. The molecule has 0 atom stereocenters. The van der Waals surface area contributed by atoms with Crippen LogP contribution in [-0.2, 0) is 15.6 Å². The Balaban J connectivity index is 2.12. The molecule has 6 heteroatoms. The summed E-state index contributed by atoms with van der Waals surface area (Å²) >= 11 is 0. The lowest BCUT2D eigenvalue weighted by atomic mass is 10.2. The number of nitrogens with two attached hydrogens (primary N) is 1. The minimum Gasteiger partial charge on any atom is -0.486 e. The van der Waals surface area contributed by atoms with Gasteiger partial charge in [-0.05, 0) is 18.1 Å². The van der Waals surface area contributed by atoms with Crippen LogP contribution in [0.2, 0.25) is 0 Å². The van der Waals surface area contributed by atoms with Gasteiger partial charge in [0.15, 0.2) is 21.3 Å². The molecule has 0 aliphatic carbocycles. The maximum Gasteiger partial charge on any atom is 0.163 e. The number of sulfone groups is 1. The average molecular weight is 299 g/mol. The molecular formula is C14H21NO4S. The highest BCUT2D eigenvalue weighted by atomic mass is 32.2. The monoisotopic (exact) mass is 299 g/mol. The van der Waals surface area contributed by atoms with Crippen LogP contribution < -0.4 is 15.2 Å². The second kappa shape index (κ2) is 6.35. The van der Waals surface area contributed by atoms with Gasteiger partial charge in [-0.1, -0.05) is 19.8 Å². The van der Waals surface area contributed by atoms with E-state index in [9.17, 15) is 8.42 Å². The van der Waals surface area contributed by atoms with Crippen LogP contribution in [0.4, 0.5) is 5.69 Å². The van der Waals surface area contributed by atoms with Crippen molar-refractivity contribution < 1.29 is 17.9 Å². The van der Waals surface area contributed by atoms with Gasteiger partial charge in [0.25, 0.3) is 0 Å². The standard InChI is InChI=1S/C14H21NO4S/c1-2-3-4-7-20(16,17)10-11-8-13-14(9-12(11)15)19-6-5-18-13/h8-9H,2-7,10,15H2,1H3. The predicted octanol–water partition coefficient (Wildman–Crippen LogP) is 2.14. The van der Waals surface area contributed by atoms with Gasteiger partial charge in [0.1, 0.15) is 13.2 Å². The summed E-state index contributed by atoms with van der Waals surface area (Å²) in [5.74, 6) is 1.32. The first kappa shape index (κ1) is 15.0. The summed E-state index contributed by atoms with van der Waals surface area (Å²) in [4.78, 5) is 0. The second-order valence-electron chi connectivity index (χ2n) is 4.99. The smallest absolute Gasteiger partial charge is 0.163 e. The van der Waals surface area contributed by atoms with Crippen LogP contribution >= 0.6 is 0 Å². The minimum absolute atomic E-state index is 0.0425. The zero-order valence-corrected chi connectivity index (χ0v) is 12.5. The molecule has 0 unspecified atom stereocenters. The Morgan fingerprint density at radius 1 is 1.15 bits per heavy atom.